The number of alkyl halides is 3. The Morgan fingerprint density at radius 3 is 2.32 bits per heavy atom. The third-order valence-corrected chi connectivity index (χ3v) is 3.02. The van der Waals surface area contributed by atoms with E-state index in [0.29, 0.717) is 6.42 Å². The summed E-state index contributed by atoms with van der Waals surface area (Å²) in [5.41, 5.74) is -0.912. The molecule has 2 rings (SSSR count). The molecule has 0 saturated heterocycles. The highest BCUT2D eigenvalue weighted by Crippen LogP contribution is 2.28. The van der Waals surface area contributed by atoms with Gasteiger partial charge in [0.1, 0.15) is 17.5 Å². The first-order chi connectivity index (χ1) is 10.3. The summed E-state index contributed by atoms with van der Waals surface area (Å²) in [7, 11) is 0. The van der Waals surface area contributed by atoms with E-state index in [9.17, 15) is 22.0 Å². The molecule has 0 aliphatic carbocycles. The smallest absolute Gasteiger partial charge is 0.362 e. The van der Waals surface area contributed by atoms with Crippen LogP contribution in [0.2, 0.25) is 0 Å². The van der Waals surface area contributed by atoms with Gasteiger partial charge < -0.3 is 5.32 Å². The molecule has 1 aromatic carbocycles. The largest absolute Gasteiger partial charge is 0.435 e. The summed E-state index contributed by atoms with van der Waals surface area (Å²) >= 11 is 0. The third-order valence-electron chi connectivity index (χ3n) is 3.02. The van der Waals surface area contributed by atoms with Crippen molar-refractivity contribution in [2.24, 2.45) is 0 Å². The summed E-state index contributed by atoms with van der Waals surface area (Å²) in [6, 6.07) is 4.47. The van der Waals surface area contributed by atoms with Crippen LogP contribution in [0.25, 0.3) is 0 Å². The predicted octanol–water partition coefficient (Wildman–Crippen LogP) is 4.34. The minimum Gasteiger partial charge on any atom is -0.362 e. The Balaban J connectivity index is 2.20. The molecule has 2 aromatic rings. The number of anilines is 1. The second kappa shape index (κ2) is 6.25. The van der Waals surface area contributed by atoms with E-state index in [1.165, 1.54) is 6.07 Å². The molecule has 1 atom stereocenters. The van der Waals surface area contributed by atoms with Crippen LogP contribution in [0.5, 0.6) is 0 Å². The molecule has 8 heteroatoms. The van der Waals surface area contributed by atoms with Crippen LogP contribution in [0.15, 0.2) is 30.3 Å². The molecule has 0 radical (unpaired) electrons. The van der Waals surface area contributed by atoms with E-state index in [4.69, 9.17) is 0 Å². The van der Waals surface area contributed by atoms with Crippen LogP contribution in [-0.4, -0.2) is 10.2 Å². The van der Waals surface area contributed by atoms with Gasteiger partial charge in [-0.05, 0) is 24.6 Å². The van der Waals surface area contributed by atoms with Crippen LogP contribution in [0.3, 0.4) is 0 Å². The van der Waals surface area contributed by atoms with Crippen molar-refractivity contribution < 1.29 is 22.0 Å². The van der Waals surface area contributed by atoms with E-state index in [1.54, 1.807) is 6.92 Å². The second-order valence-electron chi connectivity index (χ2n) is 4.57. The van der Waals surface area contributed by atoms with Crippen LogP contribution in [-0.2, 0) is 6.18 Å². The number of nitrogens with zero attached hydrogens (tertiary/aromatic N) is 2. The van der Waals surface area contributed by atoms with Crippen LogP contribution >= 0.6 is 0 Å². The molecule has 0 unspecified atom stereocenters. The number of aromatic nitrogens is 2. The predicted molar refractivity (Wildman–Crippen MR) is 70.0 cm³/mol. The van der Waals surface area contributed by atoms with Crippen molar-refractivity contribution in [2.45, 2.75) is 25.6 Å². The molecular weight excluding hydrogens is 305 g/mol. The van der Waals surface area contributed by atoms with Crippen molar-refractivity contribution in [2.75, 3.05) is 5.32 Å². The van der Waals surface area contributed by atoms with E-state index in [0.717, 1.165) is 24.3 Å². The molecule has 0 amide bonds. The molecule has 0 aliphatic heterocycles. The van der Waals surface area contributed by atoms with Gasteiger partial charge in [-0.2, -0.15) is 13.2 Å². The zero-order valence-corrected chi connectivity index (χ0v) is 11.5. The quantitative estimate of drug-likeness (QED) is 0.853. The fraction of sp³-hybridized carbons (Fsp3) is 0.286. The van der Waals surface area contributed by atoms with Gasteiger partial charge in [-0.25, -0.2) is 8.78 Å². The lowest BCUT2D eigenvalue weighted by atomic mass is 10.0. The molecule has 0 saturated carbocycles. The molecule has 118 valence electrons. The lowest BCUT2D eigenvalue weighted by Crippen LogP contribution is -2.15. The van der Waals surface area contributed by atoms with Crippen molar-refractivity contribution in [1.29, 1.82) is 0 Å². The minimum absolute atomic E-state index is 0.0728. The average Bonchev–Trinajstić information content (AvgIpc) is 2.45. The van der Waals surface area contributed by atoms with Crippen LogP contribution in [0, 0.1) is 11.6 Å². The van der Waals surface area contributed by atoms with E-state index < -0.39 is 29.5 Å². The molecule has 0 aliphatic rings. The van der Waals surface area contributed by atoms with E-state index in [2.05, 4.69) is 15.5 Å². The first-order valence-electron chi connectivity index (χ1n) is 6.43. The van der Waals surface area contributed by atoms with Gasteiger partial charge in [0, 0.05) is 11.6 Å². The topological polar surface area (TPSA) is 37.8 Å². The van der Waals surface area contributed by atoms with Gasteiger partial charge in [-0.1, -0.05) is 13.0 Å². The van der Waals surface area contributed by atoms with E-state index in [-0.39, 0.29) is 11.4 Å². The number of rotatable bonds is 4. The van der Waals surface area contributed by atoms with Gasteiger partial charge in [0.15, 0.2) is 5.69 Å². The first kappa shape index (κ1) is 16.1. The van der Waals surface area contributed by atoms with Crippen molar-refractivity contribution in [3.8, 4) is 0 Å². The van der Waals surface area contributed by atoms with Crippen LogP contribution in [0.1, 0.15) is 30.6 Å². The molecule has 1 N–H and O–H groups in total. The van der Waals surface area contributed by atoms with Crippen molar-refractivity contribution in [3.05, 3.63) is 53.2 Å². The maximum Gasteiger partial charge on any atom is 0.435 e. The summed E-state index contributed by atoms with van der Waals surface area (Å²) in [5.74, 6) is -1.37. The maximum atomic E-state index is 13.7. The summed E-state index contributed by atoms with van der Waals surface area (Å²) in [5, 5.41) is 9.28. The van der Waals surface area contributed by atoms with Gasteiger partial charge in [0.2, 0.25) is 0 Å². The zero-order chi connectivity index (χ0) is 16.3. The fourth-order valence-corrected chi connectivity index (χ4v) is 1.92. The highest BCUT2D eigenvalue weighted by atomic mass is 19.4. The Labute approximate surface area is 123 Å². The normalized spacial score (nSPS) is 13.0. The molecule has 0 bridgehead atoms. The van der Waals surface area contributed by atoms with Crippen LogP contribution in [0.4, 0.5) is 27.8 Å². The van der Waals surface area contributed by atoms with Gasteiger partial charge in [-0.15, -0.1) is 10.2 Å². The molecule has 1 aromatic heterocycles. The number of benzene rings is 1. The van der Waals surface area contributed by atoms with Gasteiger partial charge >= 0.3 is 6.18 Å². The van der Waals surface area contributed by atoms with E-state index >= 15 is 0 Å². The van der Waals surface area contributed by atoms with Crippen molar-refractivity contribution in [3.63, 3.8) is 0 Å². The summed E-state index contributed by atoms with van der Waals surface area (Å²) in [6.45, 7) is 1.75. The van der Waals surface area contributed by atoms with Crippen molar-refractivity contribution >= 4 is 5.82 Å². The molecule has 3 nitrogen and oxygen atoms in total. The van der Waals surface area contributed by atoms with Gasteiger partial charge in [0.25, 0.3) is 0 Å². The monoisotopic (exact) mass is 317 g/mol. The van der Waals surface area contributed by atoms with Gasteiger partial charge in [-0.3, -0.25) is 0 Å². The minimum atomic E-state index is -4.57. The molecule has 0 spiro atoms. The third kappa shape index (κ3) is 3.69. The summed E-state index contributed by atoms with van der Waals surface area (Å²) < 4.78 is 63.8. The second-order valence-corrected chi connectivity index (χ2v) is 4.57. The Bertz CT molecular complexity index is 640. The Kier molecular flexibility index (Phi) is 4.58. The Morgan fingerprint density at radius 1 is 1.09 bits per heavy atom. The lowest BCUT2D eigenvalue weighted by molar-refractivity contribution is -0.141. The maximum absolute atomic E-state index is 13.7. The first-order valence-corrected chi connectivity index (χ1v) is 6.43. The highest BCUT2D eigenvalue weighted by Gasteiger charge is 2.33. The average molecular weight is 317 g/mol. The Morgan fingerprint density at radius 2 is 1.82 bits per heavy atom. The zero-order valence-electron chi connectivity index (χ0n) is 11.5. The molecule has 0 fully saturated rings. The summed E-state index contributed by atoms with van der Waals surface area (Å²) in [6.07, 6.45) is -4.15. The number of halogens is 5. The Hall–Kier alpha value is -2.25. The molecule has 1 heterocycles. The fourth-order valence-electron chi connectivity index (χ4n) is 1.92. The standard InChI is InChI=1S/C14H12F5N3/c1-2-11(9-4-3-8(15)7-10(9)16)20-13-6-5-12(21-22-13)14(17,18)19/h3-7,11H,2H2,1H3,(H,20,22)/t11-/m0/s1. The van der Waals surface area contributed by atoms with Gasteiger partial charge in [0.05, 0.1) is 6.04 Å². The van der Waals surface area contributed by atoms with Crippen LogP contribution < -0.4 is 5.32 Å². The number of nitrogens with one attached hydrogen (secondary N) is 1. The number of hydrogen-bond acceptors (Lipinski definition) is 3. The molecule has 22 heavy (non-hydrogen) atoms. The molecular formula is C14H12F5N3. The number of hydrogen-bond donors (Lipinski definition) is 1. The highest BCUT2D eigenvalue weighted by molar-refractivity contribution is 5.38. The lowest BCUT2D eigenvalue weighted by Gasteiger charge is -2.18. The van der Waals surface area contributed by atoms with E-state index in [1.807, 2.05) is 0 Å². The SMILES string of the molecule is CC[C@H](Nc1ccc(C(F)(F)F)nn1)c1ccc(F)cc1F. The van der Waals surface area contributed by atoms with Crippen molar-refractivity contribution in [1.82, 2.24) is 10.2 Å². The summed E-state index contributed by atoms with van der Waals surface area (Å²) in [4.78, 5) is 0.